The van der Waals surface area contributed by atoms with Crippen molar-refractivity contribution in [1.29, 1.82) is 0 Å². The summed E-state index contributed by atoms with van der Waals surface area (Å²) < 4.78 is 22.7. The molecule has 3 aromatic rings. The van der Waals surface area contributed by atoms with Crippen molar-refractivity contribution in [2.75, 3.05) is 6.61 Å². The molecule has 0 spiro atoms. The molecule has 2 saturated heterocycles. The predicted octanol–water partition coefficient (Wildman–Crippen LogP) is -2.00. The Morgan fingerprint density at radius 1 is 0.881 bits per heavy atom. The Hall–Kier alpha value is -3.51. The summed E-state index contributed by atoms with van der Waals surface area (Å²) in [4.78, 5) is 13.8. The number of rotatable bonds is 5. The minimum absolute atomic E-state index is 0.115. The molecular weight excluding hydrogens is 564 g/mol. The summed E-state index contributed by atoms with van der Waals surface area (Å²) in [7, 11) is 0. The van der Waals surface area contributed by atoms with E-state index >= 15 is 0 Å². The molecule has 3 heterocycles. The maximum atomic E-state index is 13.8. The van der Waals surface area contributed by atoms with E-state index in [1.54, 1.807) is 0 Å². The lowest BCUT2D eigenvalue weighted by molar-refractivity contribution is -0.370. The van der Waals surface area contributed by atoms with Crippen molar-refractivity contribution in [3.05, 3.63) is 46.6 Å². The molecule has 0 radical (unpaired) electrons. The number of fused-ring (bicyclic) bond motifs is 1. The van der Waals surface area contributed by atoms with Gasteiger partial charge in [0, 0.05) is 17.7 Å². The van der Waals surface area contributed by atoms with Crippen molar-refractivity contribution in [3.8, 4) is 34.3 Å². The van der Waals surface area contributed by atoms with E-state index in [1.165, 1.54) is 31.2 Å². The molecule has 0 aliphatic carbocycles. The van der Waals surface area contributed by atoms with Crippen molar-refractivity contribution in [1.82, 2.24) is 0 Å². The van der Waals surface area contributed by atoms with Crippen LogP contribution in [0.3, 0.4) is 0 Å². The summed E-state index contributed by atoms with van der Waals surface area (Å²) in [6.07, 6.45) is -16.9. The van der Waals surface area contributed by atoms with Gasteiger partial charge in [-0.25, -0.2) is 0 Å². The molecule has 228 valence electrons. The molecule has 10 N–H and O–H groups in total. The van der Waals surface area contributed by atoms with Crippen molar-refractivity contribution < 1.29 is 69.7 Å². The molecule has 15 heteroatoms. The Bertz CT molecular complexity index is 1510. The predicted molar refractivity (Wildman–Crippen MR) is 139 cm³/mol. The summed E-state index contributed by atoms with van der Waals surface area (Å²) >= 11 is 0. The van der Waals surface area contributed by atoms with Gasteiger partial charge in [0.2, 0.25) is 17.5 Å². The van der Waals surface area contributed by atoms with E-state index in [-0.39, 0.29) is 22.7 Å². The van der Waals surface area contributed by atoms with Gasteiger partial charge in [-0.3, -0.25) is 4.79 Å². The van der Waals surface area contributed by atoms with E-state index in [0.717, 1.165) is 12.1 Å². The van der Waals surface area contributed by atoms with E-state index < -0.39 is 95.4 Å². The van der Waals surface area contributed by atoms with Gasteiger partial charge < -0.3 is 69.7 Å². The molecule has 10 atom stereocenters. The van der Waals surface area contributed by atoms with E-state index in [4.69, 9.17) is 18.6 Å². The minimum Gasteiger partial charge on any atom is -0.508 e. The zero-order chi connectivity index (χ0) is 30.7. The maximum Gasteiger partial charge on any atom is 0.239 e. The third-order valence-electron chi connectivity index (χ3n) is 7.61. The Morgan fingerprint density at radius 3 is 2.19 bits per heavy atom. The maximum absolute atomic E-state index is 13.8. The second kappa shape index (κ2) is 11.0. The summed E-state index contributed by atoms with van der Waals surface area (Å²) in [5, 5.41) is 104. The van der Waals surface area contributed by atoms with Gasteiger partial charge in [-0.15, -0.1) is 0 Å². The molecule has 0 saturated carbocycles. The van der Waals surface area contributed by atoms with Crippen LogP contribution in [-0.4, -0.2) is 118 Å². The third-order valence-corrected chi connectivity index (χ3v) is 7.61. The average Bonchev–Trinajstić information content (AvgIpc) is 2.95. The van der Waals surface area contributed by atoms with Gasteiger partial charge in [-0.05, 0) is 31.2 Å². The monoisotopic (exact) mass is 594 g/mol. The van der Waals surface area contributed by atoms with Crippen LogP contribution in [0, 0.1) is 0 Å². The van der Waals surface area contributed by atoms with E-state index in [0.29, 0.717) is 0 Å². The number of ether oxygens (including phenoxy) is 3. The van der Waals surface area contributed by atoms with Crippen LogP contribution in [-0.2, 0) is 9.47 Å². The fourth-order valence-electron chi connectivity index (χ4n) is 5.26. The molecule has 15 nitrogen and oxygen atoms in total. The quantitative estimate of drug-likeness (QED) is 0.153. The molecule has 2 aliphatic heterocycles. The third kappa shape index (κ3) is 4.74. The van der Waals surface area contributed by atoms with Crippen LogP contribution in [0.5, 0.6) is 23.0 Å². The SMILES string of the molecule is C[C@H]1OC([C@]2(O)C(Oc3c(-c4ccc(O)cc4)oc4cc(O)cc(O)c4c3=O)O[C@H](CO)[C@H](O)[C@@H]2O)[C@@H](O)[C@@H](O)[C@@H]1O. The highest BCUT2D eigenvalue weighted by Crippen LogP contribution is 2.42. The second-order valence-corrected chi connectivity index (χ2v) is 10.3. The fourth-order valence-corrected chi connectivity index (χ4v) is 5.26. The molecule has 0 bridgehead atoms. The molecule has 2 aliphatic rings. The molecule has 0 amide bonds. The van der Waals surface area contributed by atoms with E-state index in [1.807, 2.05) is 0 Å². The first-order chi connectivity index (χ1) is 19.8. The molecule has 42 heavy (non-hydrogen) atoms. The summed E-state index contributed by atoms with van der Waals surface area (Å²) in [6.45, 7) is 0.394. The standard InChI is InChI=1S/C27H30O15/c1-9-17(32)20(35)21(36)25(39-9)27(38)24(37)18(33)15(8-28)41-26(27)42-23-19(34)16-13(31)6-12(30)7-14(16)40-22(23)10-2-4-11(29)5-3-10/h2-7,9,15,17-18,20-21,24-26,28-33,35-38H,8H2,1H3/t9-,15-,17-,18+,20+,21+,24+,25?,26?,27+/m1/s1. The number of phenols is 3. The summed E-state index contributed by atoms with van der Waals surface area (Å²) in [5.74, 6) is -2.40. The Morgan fingerprint density at radius 2 is 1.55 bits per heavy atom. The van der Waals surface area contributed by atoms with Gasteiger partial charge in [0.25, 0.3) is 0 Å². The number of aromatic hydroxyl groups is 3. The van der Waals surface area contributed by atoms with Gasteiger partial charge in [0.15, 0.2) is 11.4 Å². The minimum atomic E-state index is -2.98. The van der Waals surface area contributed by atoms with Crippen molar-refractivity contribution >= 4 is 11.0 Å². The Labute approximate surface area is 236 Å². The molecular formula is C27H30O15. The highest BCUT2D eigenvalue weighted by Gasteiger charge is 2.65. The number of aliphatic hydroxyl groups excluding tert-OH is 6. The van der Waals surface area contributed by atoms with Gasteiger partial charge in [0.05, 0.1) is 12.7 Å². The number of aliphatic hydroxyl groups is 7. The lowest BCUT2D eigenvalue weighted by Gasteiger charge is -2.53. The molecule has 5 rings (SSSR count). The average molecular weight is 595 g/mol. The van der Waals surface area contributed by atoms with E-state index in [2.05, 4.69) is 0 Å². The first-order valence-electron chi connectivity index (χ1n) is 12.8. The van der Waals surface area contributed by atoms with Crippen molar-refractivity contribution in [3.63, 3.8) is 0 Å². The zero-order valence-electron chi connectivity index (χ0n) is 21.9. The van der Waals surface area contributed by atoms with Crippen LogP contribution >= 0.6 is 0 Å². The van der Waals surface area contributed by atoms with Crippen molar-refractivity contribution in [2.45, 2.75) is 67.6 Å². The van der Waals surface area contributed by atoms with Crippen molar-refractivity contribution in [2.24, 2.45) is 0 Å². The molecule has 2 aromatic carbocycles. The van der Waals surface area contributed by atoms with E-state index in [9.17, 15) is 55.9 Å². The van der Waals surface area contributed by atoms with Crippen LogP contribution in [0.2, 0.25) is 0 Å². The Kier molecular flexibility index (Phi) is 7.82. The summed E-state index contributed by atoms with van der Waals surface area (Å²) in [6, 6.07) is 7.05. The number of phenolic OH excluding ortho intramolecular Hbond substituents is 3. The zero-order valence-corrected chi connectivity index (χ0v) is 21.9. The normalized spacial score (nSPS) is 35.3. The first kappa shape index (κ1) is 30.0. The smallest absolute Gasteiger partial charge is 0.239 e. The van der Waals surface area contributed by atoms with Gasteiger partial charge in [-0.1, -0.05) is 0 Å². The first-order valence-corrected chi connectivity index (χ1v) is 12.8. The molecule has 2 unspecified atom stereocenters. The summed E-state index contributed by atoms with van der Waals surface area (Å²) in [5.41, 5.74) is -4.21. The van der Waals surface area contributed by atoms with Gasteiger partial charge in [-0.2, -0.15) is 0 Å². The number of hydrogen-bond donors (Lipinski definition) is 10. The number of benzene rings is 2. The highest BCUT2D eigenvalue weighted by molar-refractivity contribution is 5.88. The van der Waals surface area contributed by atoms with Crippen LogP contribution in [0.4, 0.5) is 0 Å². The number of hydrogen-bond acceptors (Lipinski definition) is 15. The molecule has 1 aromatic heterocycles. The fraction of sp³-hybridized carbons (Fsp3) is 0.444. The van der Waals surface area contributed by atoms with Crippen LogP contribution in [0.1, 0.15) is 6.92 Å². The van der Waals surface area contributed by atoms with Gasteiger partial charge in [0.1, 0.15) is 70.9 Å². The van der Waals surface area contributed by atoms with Crippen LogP contribution < -0.4 is 10.2 Å². The lowest BCUT2D eigenvalue weighted by atomic mass is 9.77. The van der Waals surface area contributed by atoms with Crippen LogP contribution in [0.25, 0.3) is 22.3 Å². The van der Waals surface area contributed by atoms with Crippen LogP contribution in [0.15, 0.2) is 45.6 Å². The molecule has 2 fully saturated rings. The topological polar surface area (TPSA) is 260 Å². The lowest BCUT2D eigenvalue weighted by Crippen LogP contribution is -2.77. The van der Waals surface area contributed by atoms with Gasteiger partial charge >= 0.3 is 0 Å². The second-order valence-electron chi connectivity index (χ2n) is 10.3. The Balaban J connectivity index is 1.71. The highest BCUT2D eigenvalue weighted by atomic mass is 16.7. The largest absolute Gasteiger partial charge is 0.508 e.